The number of carboxylic acid groups (broad SMARTS) is 1. The van der Waals surface area contributed by atoms with Gasteiger partial charge < -0.3 is 30.5 Å². The van der Waals surface area contributed by atoms with Gasteiger partial charge >= 0.3 is 5.97 Å². The minimum atomic E-state index is -1.63. The lowest BCUT2D eigenvalue weighted by atomic mass is 9.88. The van der Waals surface area contributed by atoms with Gasteiger partial charge in [-0.2, -0.15) is 0 Å². The van der Waals surface area contributed by atoms with Crippen LogP contribution in [-0.2, 0) is 11.2 Å². The highest BCUT2D eigenvalue weighted by Gasteiger charge is 2.40. The molecule has 1 aliphatic heterocycles. The first-order chi connectivity index (χ1) is 11.4. The average Bonchev–Trinajstić information content (AvgIpc) is 2.97. The third-order valence-corrected chi connectivity index (χ3v) is 4.52. The number of para-hydroxylation sites is 1. The van der Waals surface area contributed by atoms with Gasteiger partial charge in [-0.1, -0.05) is 18.2 Å². The second-order valence-electron chi connectivity index (χ2n) is 6.03. The maximum atomic E-state index is 11.4. The van der Waals surface area contributed by atoms with E-state index in [1.54, 1.807) is 0 Å². The molecule has 1 aromatic heterocycles. The van der Waals surface area contributed by atoms with Crippen molar-refractivity contribution in [2.45, 2.75) is 36.8 Å². The van der Waals surface area contributed by atoms with Gasteiger partial charge in [0, 0.05) is 23.0 Å². The topological polar surface area (TPSA) is 146 Å². The Morgan fingerprint density at radius 3 is 2.62 bits per heavy atom. The van der Waals surface area contributed by atoms with Crippen molar-refractivity contribution in [1.29, 1.82) is 0 Å². The number of carboxylic acids is 1. The van der Waals surface area contributed by atoms with Gasteiger partial charge in [-0.25, -0.2) is 0 Å². The fourth-order valence-electron chi connectivity index (χ4n) is 3.23. The number of H-pyrrole nitrogens is 1. The molecule has 2 heterocycles. The van der Waals surface area contributed by atoms with Crippen LogP contribution in [0.5, 0.6) is 0 Å². The van der Waals surface area contributed by atoms with Crippen LogP contribution in [0.1, 0.15) is 17.3 Å². The number of fused-ring (bicyclic) bond motifs is 3. The molecule has 1 aromatic carbocycles. The third-order valence-electron chi connectivity index (χ3n) is 4.52. The zero-order valence-electron chi connectivity index (χ0n) is 12.8. The van der Waals surface area contributed by atoms with Gasteiger partial charge in [-0.15, -0.1) is 0 Å². The highest BCUT2D eigenvalue weighted by Crippen LogP contribution is 2.34. The van der Waals surface area contributed by atoms with E-state index < -0.39 is 43.0 Å². The maximum absolute atomic E-state index is 11.4. The van der Waals surface area contributed by atoms with E-state index in [0.717, 1.165) is 16.5 Å². The predicted molar refractivity (Wildman–Crippen MR) is 84.4 cm³/mol. The van der Waals surface area contributed by atoms with Gasteiger partial charge in [-0.3, -0.25) is 10.1 Å². The van der Waals surface area contributed by atoms with Crippen LogP contribution in [0.3, 0.4) is 0 Å². The summed E-state index contributed by atoms with van der Waals surface area (Å²) in [5, 5.41) is 52.0. The summed E-state index contributed by atoms with van der Waals surface area (Å²) in [6.45, 7) is -0.715. The number of benzene rings is 1. The van der Waals surface area contributed by atoms with Gasteiger partial charge in [0.25, 0.3) is 0 Å². The Bertz CT molecular complexity index is 745. The molecule has 0 radical (unpaired) electrons. The lowest BCUT2D eigenvalue weighted by molar-refractivity contribution is -0.141. The highest BCUT2D eigenvalue weighted by molar-refractivity contribution is 5.86. The monoisotopic (exact) mass is 336 g/mol. The molecular weight excluding hydrogens is 316 g/mol. The Balaban J connectivity index is 2.05. The van der Waals surface area contributed by atoms with Gasteiger partial charge in [0.2, 0.25) is 0 Å². The zero-order chi connectivity index (χ0) is 17.4. The summed E-state index contributed by atoms with van der Waals surface area (Å²) >= 11 is 0. The number of aliphatic hydroxyl groups is 4. The summed E-state index contributed by atoms with van der Waals surface area (Å²) in [4.78, 5) is 14.6. The van der Waals surface area contributed by atoms with Crippen molar-refractivity contribution >= 4 is 16.9 Å². The SMILES string of the molecule is O=C(O)[C@@H]1Cc2c([nH]c3ccccc23)[C@H]([C@H](O)[C@H](O)[C@H](O)CO)N1. The van der Waals surface area contributed by atoms with Gasteiger partial charge in [-0.05, 0) is 11.6 Å². The van der Waals surface area contributed by atoms with Crippen LogP contribution in [-0.4, -0.2) is 67.4 Å². The minimum absolute atomic E-state index is 0.233. The van der Waals surface area contributed by atoms with Crippen LogP contribution >= 0.6 is 0 Å². The van der Waals surface area contributed by atoms with E-state index in [4.69, 9.17) is 5.11 Å². The van der Waals surface area contributed by atoms with Crippen molar-refractivity contribution in [3.8, 4) is 0 Å². The smallest absolute Gasteiger partial charge is 0.321 e. The summed E-state index contributed by atoms with van der Waals surface area (Å²) in [7, 11) is 0. The normalized spacial score (nSPS) is 24.3. The van der Waals surface area contributed by atoms with Crippen LogP contribution in [0.15, 0.2) is 24.3 Å². The van der Waals surface area contributed by atoms with E-state index in [0.29, 0.717) is 5.69 Å². The number of aromatic nitrogens is 1. The summed E-state index contributed by atoms with van der Waals surface area (Å²) < 4.78 is 0. The van der Waals surface area contributed by atoms with E-state index in [9.17, 15) is 25.2 Å². The summed E-state index contributed by atoms with van der Waals surface area (Å²) in [6.07, 6.45) is -4.42. The van der Waals surface area contributed by atoms with E-state index in [1.165, 1.54) is 0 Å². The Hall–Kier alpha value is -1.97. The summed E-state index contributed by atoms with van der Waals surface area (Å²) in [6, 6.07) is 5.52. The van der Waals surface area contributed by atoms with E-state index in [2.05, 4.69) is 10.3 Å². The molecule has 8 nitrogen and oxygen atoms in total. The lowest BCUT2D eigenvalue weighted by Gasteiger charge is -2.35. The van der Waals surface area contributed by atoms with E-state index in [1.807, 2.05) is 24.3 Å². The number of aliphatic carboxylic acids is 1. The molecular formula is C16H20N2O6. The van der Waals surface area contributed by atoms with Crippen molar-refractivity contribution in [3.63, 3.8) is 0 Å². The first kappa shape index (κ1) is 16.9. The third kappa shape index (κ3) is 2.79. The Kier molecular flexibility index (Phi) is 4.57. The number of carbonyl (C=O) groups is 1. The van der Waals surface area contributed by atoms with Crippen molar-refractivity contribution < 1.29 is 30.3 Å². The van der Waals surface area contributed by atoms with Gasteiger partial charge in [0.05, 0.1) is 12.6 Å². The molecule has 2 aromatic rings. The second kappa shape index (κ2) is 6.50. The fourth-order valence-corrected chi connectivity index (χ4v) is 3.23. The number of hydrogen-bond acceptors (Lipinski definition) is 6. The molecule has 1 aliphatic rings. The second-order valence-corrected chi connectivity index (χ2v) is 6.03. The zero-order valence-corrected chi connectivity index (χ0v) is 12.8. The lowest BCUT2D eigenvalue weighted by Crippen LogP contribution is -2.53. The Morgan fingerprint density at radius 2 is 1.96 bits per heavy atom. The van der Waals surface area contributed by atoms with E-state index in [-0.39, 0.29) is 6.42 Å². The largest absolute Gasteiger partial charge is 0.480 e. The molecule has 7 N–H and O–H groups in total. The Labute approximate surface area is 137 Å². The molecule has 0 fully saturated rings. The minimum Gasteiger partial charge on any atom is -0.480 e. The quantitative estimate of drug-likeness (QED) is 0.366. The summed E-state index contributed by atoms with van der Waals surface area (Å²) in [5.74, 6) is -1.07. The standard InChI is InChI=1S/C16H20N2O6/c19-6-11(20)14(21)15(22)13-12-8(5-10(18-13)16(23)24)7-3-1-2-4-9(7)17-12/h1-4,10-11,13-15,17-22H,5-6H2,(H,23,24)/t10-,11+,13+,14+,15-/m0/s1. The number of aromatic amines is 1. The predicted octanol–water partition coefficient (Wildman–Crippen LogP) is -1.12. The molecule has 0 aliphatic carbocycles. The first-order valence-electron chi connectivity index (χ1n) is 7.67. The number of nitrogens with one attached hydrogen (secondary N) is 2. The molecule has 0 unspecified atom stereocenters. The fraction of sp³-hybridized carbons (Fsp3) is 0.438. The summed E-state index contributed by atoms with van der Waals surface area (Å²) in [5.41, 5.74) is 2.13. The molecule has 24 heavy (non-hydrogen) atoms. The van der Waals surface area contributed by atoms with E-state index >= 15 is 0 Å². The van der Waals surface area contributed by atoms with Crippen LogP contribution in [0.2, 0.25) is 0 Å². The van der Waals surface area contributed by atoms with Crippen LogP contribution < -0.4 is 5.32 Å². The van der Waals surface area contributed by atoms with Crippen molar-refractivity contribution in [3.05, 3.63) is 35.5 Å². The highest BCUT2D eigenvalue weighted by atomic mass is 16.4. The number of aliphatic hydroxyl groups excluding tert-OH is 4. The van der Waals surface area contributed by atoms with Crippen LogP contribution in [0.4, 0.5) is 0 Å². The molecule has 0 spiro atoms. The molecule has 0 saturated heterocycles. The van der Waals surface area contributed by atoms with Crippen molar-refractivity contribution in [1.82, 2.24) is 10.3 Å². The van der Waals surface area contributed by atoms with Gasteiger partial charge in [0.1, 0.15) is 24.4 Å². The van der Waals surface area contributed by atoms with Crippen molar-refractivity contribution in [2.75, 3.05) is 6.61 Å². The number of rotatable bonds is 5. The maximum Gasteiger partial charge on any atom is 0.321 e. The molecule has 3 rings (SSSR count). The average molecular weight is 336 g/mol. The van der Waals surface area contributed by atoms with Crippen LogP contribution in [0.25, 0.3) is 10.9 Å². The Morgan fingerprint density at radius 1 is 1.25 bits per heavy atom. The first-order valence-corrected chi connectivity index (χ1v) is 7.67. The molecule has 0 saturated carbocycles. The molecule has 0 bridgehead atoms. The molecule has 8 heteroatoms. The number of hydrogen-bond donors (Lipinski definition) is 7. The molecule has 130 valence electrons. The molecule has 0 amide bonds. The van der Waals surface area contributed by atoms with Crippen LogP contribution in [0, 0.1) is 0 Å². The van der Waals surface area contributed by atoms with Crippen molar-refractivity contribution in [2.24, 2.45) is 0 Å². The molecule has 5 atom stereocenters. The van der Waals surface area contributed by atoms with Gasteiger partial charge in [0.15, 0.2) is 0 Å².